The van der Waals surface area contributed by atoms with E-state index in [0.29, 0.717) is 49.6 Å². The van der Waals surface area contributed by atoms with Crippen LogP contribution in [-0.4, -0.2) is 67.1 Å². The number of amides is 2. The summed E-state index contributed by atoms with van der Waals surface area (Å²) in [6, 6.07) is 12.9. The van der Waals surface area contributed by atoms with Gasteiger partial charge in [0.05, 0.1) is 19.8 Å². The number of nitrogens with zero attached hydrogens (tertiary/aromatic N) is 2. The molecule has 1 atom stereocenters. The number of morpholine rings is 1. The molecule has 0 radical (unpaired) electrons. The van der Waals surface area contributed by atoms with Crippen molar-refractivity contribution in [2.75, 3.05) is 39.5 Å². The average molecular weight is 478 g/mol. The van der Waals surface area contributed by atoms with Crippen LogP contribution in [0.5, 0.6) is 11.5 Å². The quantitative estimate of drug-likeness (QED) is 0.630. The molecule has 3 aliphatic heterocycles. The minimum Gasteiger partial charge on any atom is -0.492 e. The smallest absolute Gasteiger partial charge is 0.255 e. The van der Waals surface area contributed by atoms with Crippen LogP contribution in [-0.2, 0) is 22.7 Å². The molecule has 35 heavy (non-hydrogen) atoms. The lowest BCUT2D eigenvalue weighted by atomic mass is 10.0. The lowest BCUT2D eigenvalue weighted by Gasteiger charge is -2.31. The highest BCUT2D eigenvalue weighted by atomic mass is 16.5. The molecule has 2 amide bonds. The lowest BCUT2D eigenvalue weighted by Crippen LogP contribution is -2.49. The maximum absolute atomic E-state index is 13.0. The minimum absolute atomic E-state index is 0.128. The highest BCUT2D eigenvalue weighted by Crippen LogP contribution is 2.34. The summed E-state index contributed by atoms with van der Waals surface area (Å²) in [4.78, 5) is 29.4. The van der Waals surface area contributed by atoms with E-state index < -0.39 is 6.04 Å². The molecule has 2 fully saturated rings. The molecule has 8 nitrogen and oxygen atoms in total. The van der Waals surface area contributed by atoms with Gasteiger partial charge in [-0.1, -0.05) is 24.8 Å². The fraction of sp³-hybridized carbons (Fsp3) is 0.407. The van der Waals surface area contributed by atoms with Gasteiger partial charge >= 0.3 is 0 Å². The Balaban J connectivity index is 1.16. The Labute approximate surface area is 205 Å². The van der Waals surface area contributed by atoms with E-state index >= 15 is 0 Å². The van der Waals surface area contributed by atoms with Crippen LogP contribution in [0.15, 0.2) is 54.7 Å². The molecule has 5 rings (SSSR count). The van der Waals surface area contributed by atoms with E-state index in [1.54, 1.807) is 11.0 Å². The Morgan fingerprint density at radius 2 is 1.86 bits per heavy atom. The predicted molar refractivity (Wildman–Crippen MR) is 130 cm³/mol. The van der Waals surface area contributed by atoms with Crippen LogP contribution >= 0.6 is 0 Å². The summed E-state index contributed by atoms with van der Waals surface area (Å²) in [6.45, 7) is 9.58. The second kappa shape index (κ2) is 10.5. The number of benzene rings is 2. The number of carbonyl (C=O) groups is 2. The van der Waals surface area contributed by atoms with Crippen LogP contribution in [0.4, 0.5) is 0 Å². The Morgan fingerprint density at radius 3 is 2.63 bits per heavy atom. The first-order valence-electron chi connectivity index (χ1n) is 12.1. The van der Waals surface area contributed by atoms with Crippen molar-refractivity contribution in [3.63, 3.8) is 0 Å². The molecule has 3 heterocycles. The first kappa shape index (κ1) is 23.4. The zero-order valence-electron chi connectivity index (χ0n) is 19.8. The molecule has 1 N–H and O–H groups in total. The number of hydrogen-bond donors (Lipinski definition) is 1. The molecule has 2 aromatic rings. The topological polar surface area (TPSA) is 80.3 Å². The number of allylic oxidation sites excluding steroid dienone is 1. The van der Waals surface area contributed by atoms with Gasteiger partial charge in [0.1, 0.15) is 30.8 Å². The summed E-state index contributed by atoms with van der Waals surface area (Å²) < 4.78 is 17.4. The van der Waals surface area contributed by atoms with Crippen molar-refractivity contribution in [2.45, 2.75) is 32.0 Å². The van der Waals surface area contributed by atoms with Crippen molar-refractivity contribution in [2.24, 2.45) is 0 Å². The first-order valence-corrected chi connectivity index (χ1v) is 12.1. The summed E-state index contributed by atoms with van der Waals surface area (Å²) in [5.41, 5.74) is 3.14. The van der Waals surface area contributed by atoms with Crippen molar-refractivity contribution in [1.82, 2.24) is 15.1 Å². The first-order chi connectivity index (χ1) is 17.1. The van der Waals surface area contributed by atoms with Crippen molar-refractivity contribution in [1.29, 1.82) is 0 Å². The molecule has 0 aromatic heterocycles. The minimum atomic E-state index is -0.482. The summed E-state index contributed by atoms with van der Waals surface area (Å²) in [7, 11) is 0. The van der Waals surface area contributed by atoms with Crippen molar-refractivity contribution in [3.8, 4) is 11.5 Å². The summed E-state index contributed by atoms with van der Waals surface area (Å²) in [5.74, 6) is 1.20. The van der Waals surface area contributed by atoms with Crippen molar-refractivity contribution >= 4 is 11.8 Å². The van der Waals surface area contributed by atoms with Gasteiger partial charge < -0.3 is 24.4 Å². The molecule has 1 unspecified atom stereocenters. The second-order valence-electron chi connectivity index (χ2n) is 9.10. The molecule has 0 aliphatic carbocycles. The predicted octanol–water partition coefficient (Wildman–Crippen LogP) is 2.72. The molecule has 2 saturated heterocycles. The fourth-order valence-electron chi connectivity index (χ4n) is 4.73. The van der Waals surface area contributed by atoms with E-state index in [2.05, 4.69) is 16.8 Å². The Kier molecular flexibility index (Phi) is 7.01. The fourth-order valence-corrected chi connectivity index (χ4v) is 4.73. The number of rotatable bonds is 8. The van der Waals surface area contributed by atoms with Crippen LogP contribution in [0, 0.1) is 0 Å². The van der Waals surface area contributed by atoms with E-state index in [9.17, 15) is 9.59 Å². The van der Waals surface area contributed by atoms with Gasteiger partial charge in [0.15, 0.2) is 0 Å². The molecular formula is C27H31N3O5. The van der Waals surface area contributed by atoms with Crippen LogP contribution in [0.25, 0.3) is 0 Å². The second-order valence-corrected chi connectivity index (χ2v) is 9.10. The molecule has 184 valence electrons. The van der Waals surface area contributed by atoms with E-state index in [0.717, 1.165) is 49.7 Å². The van der Waals surface area contributed by atoms with Gasteiger partial charge in [0.2, 0.25) is 5.91 Å². The van der Waals surface area contributed by atoms with E-state index in [4.69, 9.17) is 14.2 Å². The number of piperidine rings is 1. The van der Waals surface area contributed by atoms with Gasteiger partial charge in [-0.3, -0.25) is 14.5 Å². The van der Waals surface area contributed by atoms with Crippen LogP contribution in [0.3, 0.4) is 0 Å². The molecule has 0 spiro atoms. The molecular weight excluding hydrogens is 446 g/mol. The molecule has 8 heteroatoms. The van der Waals surface area contributed by atoms with Crippen LogP contribution in [0.2, 0.25) is 0 Å². The van der Waals surface area contributed by atoms with E-state index in [1.807, 2.05) is 36.4 Å². The van der Waals surface area contributed by atoms with Crippen molar-refractivity contribution in [3.05, 3.63) is 71.4 Å². The van der Waals surface area contributed by atoms with Gasteiger partial charge in [-0.2, -0.15) is 0 Å². The van der Waals surface area contributed by atoms with Gasteiger partial charge in [0.25, 0.3) is 5.91 Å². The highest BCUT2D eigenvalue weighted by Gasteiger charge is 2.39. The van der Waals surface area contributed by atoms with Gasteiger partial charge in [-0.05, 0) is 42.7 Å². The number of nitrogens with one attached hydrogen (secondary N) is 1. The van der Waals surface area contributed by atoms with Crippen LogP contribution < -0.4 is 14.8 Å². The largest absolute Gasteiger partial charge is 0.492 e. The standard InChI is InChI=1S/C27H31N3O5/c1-19-5-10-24(26(31)28-19)30-17-23-22(27(30)32)3-2-4-25(23)35-18-20-6-8-21(9-7-20)34-16-13-29-11-14-33-15-12-29/h2-4,6-9,24H,1,5,10-18H2,(H,28,31). The van der Waals surface area contributed by atoms with Gasteiger partial charge in [0, 0.05) is 36.5 Å². The van der Waals surface area contributed by atoms with Crippen molar-refractivity contribution < 1.29 is 23.8 Å². The third kappa shape index (κ3) is 5.33. The number of carbonyl (C=O) groups excluding carboxylic acids is 2. The van der Waals surface area contributed by atoms with E-state index in [1.165, 1.54) is 0 Å². The molecule has 3 aliphatic rings. The normalized spacial score (nSPS) is 20.5. The SMILES string of the molecule is C=C1CCC(N2Cc3c(OCc4ccc(OCCN5CCOCC5)cc4)cccc3C2=O)C(=O)N1. The number of fused-ring (bicyclic) bond motifs is 1. The maximum atomic E-state index is 13.0. The van der Waals surface area contributed by atoms with Gasteiger partial charge in [-0.25, -0.2) is 0 Å². The maximum Gasteiger partial charge on any atom is 0.255 e. The average Bonchev–Trinajstić information content (AvgIpc) is 3.21. The molecule has 0 bridgehead atoms. The molecule has 2 aromatic carbocycles. The summed E-state index contributed by atoms with van der Waals surface area (Å²) in [5, 5.41) is 2.77. The zero-order chi connectivity index (χ0) is 24.2. The third-order valence-corrected chi connectivity index (χ3v) is 6.75. The van der Waals surface area contributed by atoms with Crippen LogP contribution in [0.1, 0.15) is 34.3 Å². The lowest BCUT2D eigenvalue weighted by molar-refractivity contribution is -0.126. The number of hydrogen-bond acceptors (Lipinski definition) is 6. The summed E-state index contributed by atoms with van der Waals surface area (Å²) in [6.07, 6.45) is 1.26. The highest BCUT2D eigenvalue weighted by molar-refractivity contribution is 6.02. The zero-order valence-corrected chi connectivity index (χ0v) is 19.8. The van der Waals surface area contributed by atoms with E-state index in [-0.39, 0.29) is 11.8 Å². The van der Waals surface area contributed by atoms with Gasteiger partial charge in [-0.15, -0.1) is 0 Å². The Hall–Kier alpha value is -3.36. The Bertz CT molecular complexity index is 1090. The number of ether oxygens (including phenoxy) is 3. The monoisotopic (exact) mass is 477 g/mol. The summed E-state index contributed by atoms with van der Waals surface area (Å²) >= 11 is 0. The third-order valence-electron chi connectivity index (χ3n) is 6.75. The Morgan fingerprint density at radius 1 is 1.06 bits per heavy atom. The molecule has 0 saturated carbocycles.